The van der Waals surface area contributed by atoms with Crippen LogP contribution in [0, 0.1) is 41.5 Å². The van der Waals surface area contributed by atoms with Crippen LogP contribution in [0.2, 0.25) is 0 Å². The number of carbonyl (C=O) groups excluding carboxylic acids is 1. The van der Waals surface area contributed by atoms with Crippen molar-refractivity contribution >= 4 is 6.29 Å². The maximum Gasteiger partial charge on any atom is 0.399 e. The van der Waals surface area contributed by atoms with Crippen molar-refractivity contribution < 1.29 is 38.0 Å². The van der Waals surface area contributed by atoms with Crippen LogP contribution in [-0.4, -0.2) is 27.8 Å². The van der Waals surface area contributed by atoms with Gasteiger partial charge in [0.25, 0.3) is 0 Å². The van der Waals surface area contributed by atoms with Gasteiger partial charge in [-0.1, -0.05) is 42.5 Å². The number of phenolic OH excluding ortho intramolecular Hbond substituents is 3. The van der Waals surface area contributed by atoms with E-state index in [0.29, 0.717) is 28.0 Å². The van der Waals surface area contributed by atoms with Crippen molar-refractivity contribution in [2.24, 2.45) is 0 Å². The predicted molar refractivity (Wildman–Crippen MR) is 135 cm³/mol. The van der Waals surface area contributed by atoms with Gasteiger partial charge in [-0.2, -0.15) is 13.2 Å². The second kappa shape index (κ2) is 13.5. The molecule has 0 radical (unpaired) electrons. The van der Waals surface area contributed by atoms with Crippen LogP contribution in [0.4, 0.5) is 17.9 Å². The first-order valence-corrected chi connectivity index (χ1v) is 11.0. The molecule has 3 aromatic rings. The summed E-state index contributed by atoms with van der Waals surface area (Å²) in [6.07, 6.45) is -3.73. The van der Waals surface area contributed by atoms with Gasteiger partial charge in [-0.3, -0.25) is 4.70 Å². The highest BCUT2D eigenvalue weighted by Crippen LogP contribution is 2.43. The fourth-order valence-corrected chi connectivity index (χ4v) is 3.69. The number of carbonyl (C=O) groups is 1. The molecule has 8 heteroatoms. The fourth-order valence-electron chi connectivity index (χ4n) is 3.69. The number of halogens is 4. The SMILES string of the molecule is CC=O.Cc1cc(C(c2cc(C)c(O)c(C)c2)C(F)(F)F)cc(C)c1O.Cc1cccc(C)c1O.F. The minimum Gasteiger partial charge on any atom is -0.507 e. The molecule has 0 unspecified atom stereocenters. The predicted octanol–water partition coefficient (Wildman–Crippen LogP) is 7.39. The molecule has 0 atom stereocenters. The van der Waals surface area contributed by atoms with E-state index in [0.717, 1.165) is 17.4 Å². The van der Waals surface area contributed by atoms with Crippen molar-refractivity contribution in [2.45, 2.75) is 60.6 Å². The smallest absolute Gasteiger partial charge is 0.399 e. The van der Waals surface area contributed by atoms with Gasteiger partial charge < -0.3 is 20.1 Å². The average molecular weight is 511 g/mol. The number of hydrogen-bond acceptors (Lipinski definition) is 4. The summed E-state index contributed by atoms with van der Waals surface area (Å²) < 4.78 is 41.1. The van der Waals surface area contributed by atoms with Crippen molar-refractivity contribution in [3.8, 4) is 17.2 Å². The van der Waals surface area contributed by atoms with E-state index in [1.165, 1.54) is 31.2 Å². The number of alkyl halides is 3. The molecule has 0 fully saturated rings. The van der Waals surface area contributed by atoms with E-state index >= 15 is 0 Å². The van der Waals surface area contributed by atoms with Crippen molar-refractivity contribution in [1.29, 1.82) is 0 Å². The lowest BCUT2D eigenvalue weighted by Crippen LogP contribution is -2.22. The highest BCUT2D eigenvalue weighted by molar-refractivity contribution is 5.49. The fraction of sp³-hybridized carbons (Fsp3) is 0.321. The van der Waals surface area contributed by atoms with Crippen molar-refractivity contribution in [2.75, 3.05) is 0 Å². The maximum absolute atomic E-state index is 13.7. The van der Waals surface area contributed by atoms with Crippen LogP contribution in [0.25, 0.3) is 0 Å². The Morgan fingerprint density at radius 1 is 0.667 bits per heavy atom. The van der Waals surface area contributed by atoms with Crippen LogP contribution in [0.5, 0.6) is 17.2 Å². The topological polar surface area (TPSA) is 77.8 Å². The monoisotopic (exact) mass is 510 g/mol. The van der Waals surface area contributed by atoms with Gasteiger partial charge in [0.1, 0.15) is 29.5 Å². The van der Waals surface area contributed by atoms with Crippen LogP contribution in [0.3, 0.4) is 0 Å². The number of phenols is 3. The molecule has 0 spiro atoms. The Bertz CT molecular complexity index is 1050. The molecule has 0 heterocycles. The zero-order valence-electron chi connectivity index (χ0n) is 21.5. The molecule has 4 nitrogen and oxygen atoms in total. The first kappa shape index (κ1) is 32.5. The summed E-state index contributed by atoms with van der Waals surface area (Å²) in [6, 6.07) is 11.2. The highest BCUT2D eigenvalue weighted by Gasteiger charge is 2.42. The highest BCUT2D eigenvalue weighted by atomic mass is 19.4. The molecule has 36 heavy (non-hydrogen) atoms. The van der Waals surface area contributed by atoms with Gasteiger partial charge in [-0.05, 0) is 93.0 Å². The van der Waals surface area contributed by atoms with Gasteiger partial charge in [0.05, 0.1) is 0 Å². The summed E-state index contributed by atoms with van der Waals surface area (Å²) in [5, 5.41) is 28.8. The molecule has 198 valence electrons. The molecule has 3 N–H and O–H groups in total. The number of aldehydes is 1. The lowest BCUT2D eigenvalue weighted by Gasteiger charge is -2.23. The number of aryl methyl sites for hydroxylation is 6. The second-order valence-electron chi connectivity index (χ2n) is 8.46. The summed E-state index contributed by atoms with van der Waals surface area (Å²) in [5.41, 5.74) is 3.65. The molecular weight excluding hydrogens is 476 g/mol. The third-order valence-electron chi connectivity index (χ3n) is 5.46. The molecule has 0 saturated heterocycles. The van der Waals surface area contributed by atoms with Crippen molar-refractivity contribution in [1.82, 2.24) is 0 Å². The summed E-state index contributed by atoms with van der Waals surface area (Å²) in [4.78, 5) is 8.81. The summed E-state index contributed by atoms with van der Waals surface area (Å²) in [7, 11) is 0. The number of benzene rings is 3. The van der Waals surface area contributed by atoms with Gasteiger partial charge >= 0.3 is 6.18 Å². The van der Waals surface area contributed by atoms with Gasteiger partial charge in [-0.25, -0.2) is 0 Å². The number of hydrogen-bond donors (Lipinski definition) is 3. The van der Waals surface area contributed by atoms with Crippen molar-refractivity contribution in [3.63, 3.8) is 0 Å². The lowest BCUT2D eigenvalue weighted by molar-refractivity contribution is -0.141. The number of rotatable bonds is 2. The van der Waals surface area contributed by atoms with Crippen LogP contribution in [0.1, 0.15) is 57.3 Å². The quantitative estimate of drug-likeness (QED) is 0.248. The Morgan fingerprint density at radius 3 is 1.14 bits per heavy atom. The average Bonchev–Trinajstić information content (AvgIpc) is 2.74. The molecule has 0 aliphatic rings. The largest absolute Gasteiger partial charge is 0.507 e. The Morgan fingerprint density at radius 2 is 0.917 bits per heavy atom. The molecule has 0 aromatic heterocycles. The van der Waals surface area contributed by atoms with Gasteiger partial charge in [-0.15, -0.1) is 0 Å². The number of aromatic hydroxyl groups is 3. The van der Waals surface area contributed by atoms with E-state index in [1.807, 2.05) is 32.0 Å². The minimum absolute atomic E-state index is 0. The molecule has 0 bridgehead atoms. The van der Waals surface area contributed by atoms with E-state index in [2.05, 4.69) is 0 Å². The van der Waals surface area contributed by atoms with Gasteiger partial charge in [0.2, 0.25) is 0 Å². The first-order valence-electron chi connectivity index (χ1n) is 11.0. The molecule has 0 saturated carbocycles. The van der Waals surface area contributed by atoms with E-state index in [9.17, 15) is 28.5 Å². The van der Waals surface area contributed by atoms with Crippen LogP contribution >= 0.6 is 0 Å². The summed E-state index contributed by atoms with van der Waals surface area (Å²) >= 11 is 0. The summed E-state index contributed by atoms with van der Waals surface area (Å²) in [6.45, 7) is 11.5. The van der Waals surface area contributed by atoms with Gasteiger partial charge in [0, 0.05) is 0 Å². The van der Waals surface area contributed by atoms with Crippen LogP contribution in [0.15, 0.2) is 42.5 Å². The molecule has 3 aromatic carbocycles. The Balaban J connectivity index is 0.000000784. The maximum atomic E-state index is 13.7. The first-order chi connectivity index (χ1) is 16.1. The van der Waals surface area contributed by atoms with E-state index in [1.54, 1.807) is 27.7 Å². The molecular formula is C28H34F4O4. The van der Waals surface area contributed by atoms with E-state index in [-0.39, 0.29) is 27.3 Å². The molecule has 0 aliphatic heterocycles. The van der Waals surface area contributed by atoms with E-state index in [4.69, 9.17) is 4.79 Å². The number of para-hydroxylation sites is 1. The third-order valence-corrected chi connectivity index (χ3v) is 5.46. The minimum atomic E-state index is -4.48. The Labute approximate surface area is 209 Å². The third kappa shape index (κ3) is 8.29. The Hall–Kier alpha value is -3.55. The molecule has 3 rings (SSSR count). The molecule has 0 amide bonds. The Kier molecular flexibility index (Phi) is 12.2. The van der Waals surface area contributed by atoms with Crippen LogP contribution in [-0.2, 0) is 4.79 Å². The standard InChI is InChI=1S/C18H19F3O2.C8H10O.C2H4O.FH/c1-9-5-13(6-10(2)16(9)22)15(18(19,20)21)14-7-11(3)17(23)12(4)8-14;1-6-4-3-5-7(2)8(6)9;1-2-3;/h5-8,15,22-23H,1-4H3;3-5,9H,1-2H3;2H,1H3;1H. The second-order valence-corrected chi connectivity index (χ2v) is 8.46. The van der Waals surface area contributed by atoms with Gasteiger partial charge in [0.15, 0.2) is 0 Å². The summed E-state index contributed by atoms with van der Waals surface area (Å²) in [5.74, 6) is -1.38. The van der Waals surface area contributed by atoms with E-state index < -0.39 is 12.1 Å². The molecule has 0 aliphatic carbocycles. The lowest BCUT2D eigenvalue weighted by atomic mass is 9.86. The normalized spacial score (nSPS) is 10.4. The zero-order chi connectivity index (χ0) is 27.1. The zero-order valence-corrected chi connectivity index (χ0v) is 21.5. The van der Waals surface area contributed by atoms with Crippen molar-refractivity contribution in [3.05, 3.63) is 87.0 Å². The van der Waals surface area contributed by atoms with Crippen LogP contribution < -0.4 is 0 Å².